The smallest absolute Gasteiger partial charge is 0.308 e. The molecule has 2 aliphatic rings. The van der Waals surface area contributed by atoms with Gasteiger partial charge < -0.3 is 24.3 Å². The molecule has 39 heavy (non-hydrogen) atoms. The molecule has 11 heteroatoms. The van der Waals surface area contributed by atoms with E-state index in [9.17, 15) is 24.6 Å². The van der Waals surface area contributed by atoms with E-state index >= 15 is 0 Å². The highest BCUT2D eigenvalue weighted by molar-refractivity contribution is 5.78. The number of aromatic nitrogens is 1. The van der Waals surface area contributed by atoms with Gasteiger partial charge in [0.1, 0.15) is 0 Å². The van der Waals surface area contributed by atoms with Crippen molar-refractivity contribution >= 4 is 11.9 Å². The number of carboxylic acid groups (broad SMARTS) is 1. The molecule has 2 N–H and O–H groups in total. The molecular weight excluding hydrogens is 506 g/mol. The molecule has 2 aliphatic heterocycles. The highest BCUT2D eigenvalue weighted by Gasteiger charge is 2.47. The predicted molar refractivity (Wildman–Crippen MR) is 141 cm³/mol. The molecule has 1 aromatic heterocycles. The van der Waals surface area contributed by atoms with Crippen molar-refractivity contribution in [3.8, 4) is 11.5 Å². The summed E-state index contributed by atoms with van der Waals surface area (Å²) in [6, 6.07) is 7.87. The fraction of sp³-hybridized carbons (Fsp3) is 0.536. The number of hydrogen-bond acceptors (Lipinski definition) is 8. The zero-order valence-electron chi connectivity index (χ0n) is 22.5. The van der Waals surface area contributed by atoms with Gasteiger partial charge in [-0.05, 0) is 43.0 Å². The SMILES string of the molecule is CCCON(CCC)C(=O)CN1C[C@H](c2cc(CO)c3c(c2)OCO3)[C@@H](C(=O)O)[C@@H]1CCn1ccccc1=O. The predicted octanol–water partition coefficient (Wildman–Crippen LogP) is 2.21. The minimum Gasteiger partial charge on any atom is -0.481 e. The maximum Gasteiger partial charge on any atom is 0.308 e. The molecule has 0 saturated carbocycles. The summed E-state index contributed by atoms with van der Waals surface area (Å²) in [7, 11) is 0. The van der Waals surface area contributed by atoms with Crippen molar-refractivity contribution in [2.24, 2.45) is 5.92 Å². The number of aliphatic hydroxyl groups excluding tert-OH is 1. The van der Waals surface area contributed by atoms with Crippen LogP contribution in [0.25, 0.3) is 0 Å². The first-order chi connectivity index (χ1) is 18.9. The number of carbonyl (C=O) groups is 2. The molecule has 3 atom stereocenters. The fourth-order valence-corrected chi connectivity index (χ4v) is 5.46. The minimum atomic E-state index is -0.990. The van der Waals surface area contributed by atoms with Gasteiger partial charge in [0.25, 0.3) is 5.91 Å². The molecule has 0 unspecified atom stereocenters. The molecule has 1 aromatic carbocycles. The lowest BCUT2D eigenvalue weighted by atomic mass is 9.83. The second-order valence-electron chi connectivity index (χ2n) is 9.89. The summed E-state index contributed by atoms with van der Waals surface area (Å²) in [5.74, 6) is -1.65. The Morgan fingerprint density at radius 1 is 1.18 bits per heavy atom. The zero-order valence-corrected chi connectivity index (χ0v) is 22.5. The van der Waals surface area contributed by atoms with Gasteiger partial charge in [0, 0.05) is 49.4 Å². The molecule has 4 rings (SSSR count). The van der Waals surface area contributed by atoms with E-state index in [0.29, 0.717) is 55.3 Å². The largest absolute Gasteiger partial charge is 0.481 e. The van der Waals surface area contributed by atoms with E-state index in [4.69, 9.17) is 14.3 Å². The topological polar surface area (TPSA) is 131 Å². The molecule has 0 bridgehead atoms. The molecule has 0 spiro atoms. The Labute approximate surface area is 227 Å². The van der Waals surface area contributed by atoms with Gasteiger partial charge >= 0.3 is 5.97 Å². The van der Waals surface area contributed by atoms with Crippen molar-refractivity contribution in [3.05, 3.63) is 58.0 Å². The van der Waals surface area contributed by atoms with Crippen LogP contribution in [0, 0.1) is 5.92 Å². The molecule has 0 aliphatic carbocycles. The van der Waals surface area contributed by atoms with Crippen LogP contribution in [0.1, 0.15) is 50.2 Å². The van der Waals surface area contributed by atoms with Gasteiger partial charge in [0.15, 0.2) is 11.5 Å². The molecule has 0 radical (unpaired) electrons. The molecule has 3 heterocycles. The number of pyridine rings is 1. The average molecular weight is 544 g/mol. The molecular formula is C28H37N3O8. The number of hydrogen-bond donors (Lipinski definition) is 2. The number of rotatable bonds is 13. The normalized spacial score (nSPS) is 20.3. The Morgan fingerprint density at radius 3 is 2.69 bits per heavy atom. The van der Waals surface area contributed by atoms with E-state index in [1.165, 1.54) is 11.1 Å². The van der Waals surface area contributed by atoms with Crippen molar-refractivity contribution < 1.29 is 34.1 Å². The Bertz CT molecular complexity index is 1220. The summed E-state index contributed by atoms with van der Waals surface area (Å²) in [4.78, 5) is 46.0. The van der Waals surface area contributed by atoms with Crippen LogP contribution in [0.3, 0.4) is 0 Å². The number of nitrogens with zero attached hydrogens (tertiary/aromatic N) is 3. The van der Waals surface area contributed by atoms with Crippen LogP contribution in [-0.4, -0.2) is 75.7 Å². The number of likely N-dealkylation sites (tertiary alicyclic amines) is 1. The second-order valence-corrected chi connectivity index (χ2v) is 9.89. The maximum absolute atomic E-state index is 13.3. The number of carboxylic acids is 1. The molecule has 1 saturated heterocycles. The van der Waals surface area contributed by atoms with E-state index in [1.54, 1.807) is 35.0 Å². The Balaban J connectivity index is 1.66. The highest BCUT2D eigenvalue weighted by atomic mass is 16.7. The van der Waals surface area contributed by atoms with Crippen molar-refractivity contribution in [3.63, 3.8) is 0 Å². The van der Waals surface area contributed by atoms with Gasteiger partial charge in [-0.25, -0.2) is 5.06 Å². The Morgan fingerprint density at radius 2 is 2.00 bits per heavy atom. The van der Waals surface area contributed by atoms with Crippen LogP contribution in [0.5, 0.6) is 11.5 Å². The van der Waals surface area contributed by atoms with Gasteiger partial charge in [-0.3, -0.25) is 24.1 Å². The van der Waals surface area contributed by atoms with Gasteiger partial charge in [0.05, 0.1) is 25.7 Å². The van der Waals surface area contributed by atoms with E-state index in [2.05, 4.69) is 0 Å². The van der Waals surface area contributed by atoms with E-state index in [0.717, 1.165) is 12.8 Å². The first-order valence-corrected chi connectivity index (χ1v) is 13.5. The quantitative estimate of drug-likeness (QED) is 0.365. The highest BCUT2D eigenvalue weighted by Crippen LogP contribution is 2.44. The fourth-order valence-electron chi connectivity index (χ4n) is 5.46. The standard InChI is InChI=1S/C28H37N3O8/c1-3-9-31(39-12-4-2)25(34)16-30-15-21(19-13-20(17-32)27-23(14-19)37-18-38-27)26(28(35)36)22(30)8-11-29-10-6-5-7-24(29)33/h5-7,10,13-14,21-22,26,32H,3-4,8-9,11-12,15-18H2,1-2H3,(H,35,36)/t21-,22+,26-/m1/s1. The first-order valence-electron chi connectivity index (χ1n) is 13.5. The van der Waals surface area contributed by atoms with Crippen LogP contribution in [0.15, 0.2) is 41.3 Å². The van der Waals surface area contributed by atoms with Crippen molar-refractivity contribution in [2.45, 2.75) is 58.2 Å². The summed E-state index contributed by atoms with van der Waals surface area (Å²) >= 11 is 0. The summed E-state index contributed by atoms with van der Waals surface area (Å²) in [5, 5.41) is 21.7. The third-order valence-corrected chi connectivity index (χ3v) is 7.26. The Kier molecular flexibility index (Phi) is 9.60. The lowest BCUT2D eigenvalue weighted by Gasteiger charge is -2.29. The van der Waals surface area contributed by atoms with Crippen molar-refractivity contribution in [2.75, 3.05) is 33.0 Å². The molecule has 11 nitrogen and oxygen atoms in total. The summed E-state index contributed by atoms with van der Waals surface area (Å²) in [5.41, 5.74) is 1.04. The number of benzene rings is 1. The third-order valence-electron chi connectivity index (χ3n) is 7.26. The van der Waals surface area contributed by atoms with Gasteiger partial charge in [-0.2, -0.15) is 0 Å². The summed E-state index contributed by atoms with van der Waals surface area (Å²) < 4.78 is 12.6. The molecule has 2 aromatic rings. The monoisotopic (exact) mass is 543 g/mol. The van der Waals surface area contributed by atoms with Gasteiger partial charge in [0.2, 0.25) is 12.4 Å². The second kappa shape index (κ2) is 13.1. The van der Waals surface area contributed by atoms with E-state index in [-0.39, 0.29) is 31.4 Å². The number of amides is 1. The van der Waals surface area contributed by atoms with Crippen LogP contribution < -0.4 is 15.0 Å². The molecule has 1 fully saturated rings. The Hall–Kier alpha value is -3.41. The number of fused-ring (bicyclic) bond motifs is 1. The number of carbonyl (C=O) groups excluding carboxylic acids is 1. The number of aryl methyl sites for hydroxylation is 1. The van der Waals surface area contributed by atoms with Crippen LogP contribution in [-0.2, 0) is 27.6 Å². The maximum atomic E-state index is 13.3. The molecule has 212 valence electrons. The van der Waals surface area contributed by atoms with Crippen molar-refractivity contribution in [1.29, 1.82) is 0 Å². The summed E-state index contributed by atoms with van der Waals surface area (Å²) in [6.45, 7) is 5.10. The lowest BCUT2D eigenvalue weighted by molar-refractivity contribution is -0.188. The number of hydroxylamine groups is 2. The van der Waals surface area contributed by atoms with Crippen LogP contribution in [0.2, 0.25) is 0 Å². The van der Waals surface area contributed by atoms with Crippen molar-refractivity contribution in [1.82, 2.24) is 14.5 Å². The zero-order chi connectivity index (χ0) is 27.9. The van der Waals surface area contributed by atoms with E-state index < -0.39 is 23.8 Å². The summed E-state index contributed by atoms with van der Waals surface area (Å²) in [6.07, 6.45) is 3.50. The van der Waals surface area contributed by atoms with Crippen LogP contribution in [0.4, 0.5) is 0 Å². The van der Waals surface area contributed by atoms with E-state index in [1.807, 2.05) is 18.7 Å². The van der Waals surface area contributed by atoms with Gasteiger partial charge in [-0.1, -0.05) is 19.9 Å². The lowest BCUT2D eigenvalue weighted by Crippen LogP contribution is -2.45. The number of aliphatic carboxylic acids is 1. The molecule has 1 amide bonds. The minimum absolute atomic E-state index is 0.0181. The third kappa shape index (κ3) is 6.43. The van der Waals surface area contributed by atoms with Crippen LogP contribution >= 0.6 is 0 Å². The average Bonchev–Trinajstić information content (AvgIpc) is 3.54. The van der Waals surface area contributed by atoms with Gasteiger partial charge in [-0.15, -0.1) is 0 Å². The number of ether oxygens (including phenoxy) is 2. The number of aliphatic hydroxyl groups is 1. The first kappa shape index (κ1) is 28.6.